The molecule has 0 spiro atoms. The average molecular weight is 200 g/mol. The summed E-state index contributed by atoms with van der Waals surface area (Å²) >= 11 is 0. The van der Waals surface area contributed by atoms with E-state index in [1.54, 1.807) is 4.90 Å². The Morgan fingerprint density at radius 2 is 2.36 bits per heavy atom. The first kappa shape index (κ1) is 10.8. The van der Waals surface area contributed by atoms with Gasteiger partial charge in [-0.1, -0.05) is 13.8 Å². The van der Waals surface area contributed by atoms with E-state index in [9.17, 15) is 9.59 Å². The van der Waals surface area contributed by atoms with Crippen LogP contribution in [0.3, 0.4) is 0 Å². The van der Waals surface area contributed by atoms with Crippen LogP contribution in [0.1, 0.15) is 20.3 Å². The molecule has 0 unspecified atom stereocenters. The molecule has 1 rings (SSSR count). The number of amides is 2. The first-order valence-corrected chi connectivity index (χ1v) is 4.79. The fourth-order valence-corrected chi connectivity index (χ4v) is 1.34. The van der Waals surface area contributed by atoms with E-state index in [0.29, 0.717) is 12.5 Å². The Balaban J connectivity index is 2.41. The molecule has 0 aromatic rings. The third kappa shape index (κ3) is 2.61. The zero-order valence-corrected chi connectivity index (χ0v) is 8.49. The molecule has 2 amide bonds. The van der Waals surface area contributed by atoms with E-state index in [1.165, 1.54) is 0 Å². The number of carboxylic acids is 1. The van der Waals surface area contributed by atoms with Crippen molar-refractivity contribution in [3.8, 4) is 0 Å². The molecule has 5 heteroatoms. The number of urea groups is 1. The minimum absolute atomic E-state index is 0.266. The molecule has 1 aliphatic rings. The monoisotopic (exact) mass is 200 g/mol. The van der Waals surface area contributed by atoms with Gasteiger partial charge in [0.05, 0.1) is 6.54 Å². The topological polar surface area (TPSA) is 69.6 Å². The average Bonchev–Trinajstić information content (AvgIpc) is 2.43. The van der Waals surface area contributed by atoms with Crippen molar-refractivity contribution in [3.05, 3.63) is 0 Å². The molecule has 5 nitrogen and oxygen atoms in total. The van der Waals surface area contributed by atoms with Crippen LogP contribution in [0.2, 0.25) is 0 Å². The number of hydrogen-bond donors (Lipinski definition) is 2. The molecule has 0 aromatic heterocycles. The highest BCUT2D eigenvalue weighted by atomic mass is 16.4. The van der Waals surface area contributed by atoms with E-state index in [1.807, 2.05) is 0 Å². The van der Waals surface area contributed by atoms with Gasteiger partial charge in [0.15, 0.2) is 0 Å². The molecular weight excluding hydrogens is 184 g/mol. The largest absolute Gasteiger partial charge is 0.480 e. The van der Waals surface area contributed by atoms with Gasteiger partial charge in [0, 0.05) is 6.54 Å². The minimum atomic E-state index is -0.967. The second-order valence-electron chi connectivity index (χ2n) is 3.97. The lowest BCUT2D eigenvalue weighted by molar-refractivity contribution is -0.138. The Morgan fingerprint density at radius 3 is 2.79 bits per heavy atom. The van der Waals surface area contributed by atoms with E-state index >= 15 is 0 Å². The molecule has 0 bridgehead atoms. The fourth-order valence-electron chi connectivity index (χ4n) is 1.34. The van der Waals surface area contributed by atoms with E-state index in [2.05, 4.69) is 19.2 Å². The normalized spacial score (nSPS) is 21.5. The molecule has 0 aliphatic carbocycles. The van der Waals surface area contributed by atoms with Gasteiger partial charge < -0.3 is 15.3 Å². The molecule has 1 heterocycles. The first-order chi connectivity index (χ1) is 6.50. The van der Waals surface area contributed by atoms with E-state index in [0.717, 1.165) is 6.42 Å². The fraction of sp³-hybridized carbons (Fsp3) is 0.778. The maximum Gasteiger partial charge on any atom is 0.328 e. The predicted molar refractivity (Wildman–Crippen MR) is 51.0 cm³/mol. The summed E-state index contributed by atoms with van der Waals surface area (Å²) in [5, 5.41) is 11.1. The zero-order chi connectivity index (χ0) is 10.7. The quantitative estimate of drug-likeness (QED) is 0.694. The van der Waals surface area contributed by atoms with E-state index < -0.39 is 12.0 Å². The first-order valence-electron chi connectivity index (χ1n) is 4.79. The van der Waals surface area contributed by atoms with Crippen LogP contribution in [-0.4, -0.2) is 41.1 Å². The second kappa shape index (κ2) is 4.30. The zero-order valence-electron chi connectivity index (χ0n) is 8.49. The summed E-state index contributed by atoms with van der Waals surface area (Å²) in [4.78, 5) is 23.4. The highest BCUT2D eigenvalue weighted by molar-refractivity contribution is 5.86. The maximum atomic E-state index is 11.3. The summed E-state index contributed by atoms with van der Waals surface area (Å²) in [6.07, 6.45) is 0.903. The number of rotatable bonds is 4. The van der Waals surface area contributed by atoms with Crippen LogP contribution >= 0.6 is 0 Å². The molecule has 0 saturated carbocycles. The molecule has 0 radical (unpaired) electrons. The molecule has 1 saturated heterocycles. The van der Waals surface area contributed by atoms with Gasteiger partial charge in [0.25, 0.3) is 0 Å². The predicted octanol–water partition coefficient (Wildman–Crippen LogP) is 0.511. The Morgan fingerprint density at radius 1 is 1.71 bits per heavy atom. The number of nitrogens with one attached hydrogen (secondary N) is 1. The van der Waals surface area contributed by atoms with Gasteiger partial charge >= 0.3 is 12.0 Å². The van der Waals surface area contributed by atoms with E-state index in [-0.39, 0.29) is 12.6 Å². The smallest absolute Gasteiger partial charge is 0.328 e. The maximum absolute atomic E-state index is 11.3. The number of carbonyl (C=O) groups excluding carboxylic acids is 1. The second-order valence-corrected chi connectivity index (χ2v) is 3.97. The highest BCUT2D eigenvalue weighted by Gasteiger charge is 2.32. The lowest BCUT2D eigenvalue weighted by Crippen LogP contribution is -2.34. The summed E-state index contributed by atoms with van der Waals surface area (Å²) < 4.78 is 0. The van der Waals surface area contributed by atoms with Crippen LogP contribution in [0.5, 0.6) is 0 Å². The Bertz CT molecular complexity index is 240. The molecule has 0 aromatic carbocycles. The van der Waals surface area contributed by atoms with Crippen LogP contribution < -0.4 is 5.32 Å². The summed E-state index contributed by atoms with van der Waals surface area (Å²) in [6.45, 7) is 5.06. The number of carboxylic acid groups (broad SMARTS) is 1. The van der Waals surface area contributed by atoms with Crippen LogP contribution in [0.25, 0.3) is 0 Å². The summed E-state index contributed by atoms with van der Waals surface area (Å²) in [6, 6.07) is -1.01. The minimum Gasteiger partial charge on any atom is -0.480 e. The lowest BCUT2D eigenvalue weighted by atomic mass is 10.1. The number of hydrogen-bond acceptors (Lipinski definition) is 2. The summed E-state index contributed by atoms with van der Waals surface area (Å²) in [5.74, 6) is -0.447. The molecule has 14 heavy (non-hydrogen) atoms. The van der Waals surface area contributed by atoms with Gasteiger partial charge in [-0.2, -0.15) is 0 Å². The summed E-state index contributed by atoms with van der Waals surface area (Å²) in [7, 11) is 0. The van der Waals surface area contributed by atoms with Crippen LogP contribution in [0, 0.1) is 5.92 Å². The van der Waals surface area contributed by atoms with Crippen molar-refractivity contribution in [1.82, 2.24) is 10.2 Å². The standard InChI is InChI=1S/C9H16N2O3/c1-6(2)3-4-11-5-7(8(12)13)10-9(11)14/h6-7H,3-5H2,1-2H3,(H,10,14)(H,12,13)/t7-/m0/s1. The number of nitrogens with zero attached hydrogens (tertiary/aromatic N) is 1. The van der Waals surface area contributed by atoms with Crippen molar-refractivity contribution in [1.29, 1.82) is 0 Å². The molecule has 2 N–H and O–H groups in total. The van der Waals surface area contributed by atoms with Gasteiger partial charge in [0.2, 0.25) is 0 Å². The number of aliphatic carboxylic acids is 1. The third-order valence-corrected chi connectivity index (χ3v) is 2.26. The van der Waals surface area contributed by atoms with Gasteiger partial charge in [-0.3, -0.25) is 0 Å². The Labute approximate surface area is 83.1 Å². The van der Waals surface area contributed by atoms with Crippen LogP contribution in [0.15, 0.2) is 0 Å². The van der Waals surface area contributed by atoms with Crippen LogP contribution in [-0.2, 0) is 4.79 Å². The molecule has 1 atom stereocenters. The highest BCUT2D eigenvalue weighted by Crippen LogP contribution is 2.08. The number of carbonyl (C=O) groups is 2. The Kier molecular flexibility index (Phi) is 3.33. The van der Waals surface area contributed by atoms with Crippen molar-refractivity contribution in [2.45, 2.75) is 26.3 Å². The van der Waals surface area contributed by atoms with Crippen molar-refractivity contribution in [3.63, 3.8) is 0 Å². The lowest BCUT2D eigenvalue weighted by Gasteiger charge is -2.15. The van der Waals surface area contributed by atoms with Gasteiger partial charge in [-0.15, -0.1) is 0 Å². The third-order valence-electron chi connectivity index (χ3n) is 2.26. The molecular formula is C9H16N2O3. The van der Waals surface area contributed by atoms with Gasteiger partial charge in [-0.25, -0.2) is 9.59 Å². The molecule has 1 aliphatic heterocycles. The van der Waals surface area contributed by atoms with Crippen molar-refractivity contribution < 1.29 is 14.7 Å². The molecule has 1 fully saturated rings. The van der Waals surface area contributed by atoms with Gasteiger partial charge in [0.1, 0.15) is 6.04 Å². The molecule has 80 valence electrons. The SMILES string of the molecule is CC(C)CCN1C[C@@H](C(=O)O)NC1=O. The van der Waals surface area contributed by atoms with Crippen molar-refractivity contribution in [2.75, 3.05) is 13.1 Å². The van der Waals surface area contributed by atoms with Crippen molar-refractivity contribution >= 4 is 12.0 Å². The Hall–Kier alpha value is -1.26. The van der Waals surface area contributed by atoms with Gasteiger partial charge in [-0.05, 0) is 12.3 Å². The van der Waals surface area contributed by atoms with Crippen LogP contribution in [0.4, 0.5) is 4.79 Å². The van der Waals surface area contributed by atoms with E-state index in [4.69, 9.17) is 5.11 Å². The van der Waals surface area contributed by atoms with Crippen molar-refractivity contribution in [2.24, 2.45) is 5.92 Å². The summed E-state index contributed by atoms with van der Waals surface area (Å²) in [5.41, 5.74) is 0.